The van der Waals surface area contributed by atoms with Crippen LogP contribution in [0, 0.1) is 5.92 Å². The van der Waals surface area contributed by atoms with E-state index in [4.69, 9.17) is 9.47 Å². The predicted molar refractivity (Wildman–Crippen MR) is 102 cm³/mol. The lowest BCUT2D eigenvalue weighted by atomic mass is 10.00. The molecule has 0 aliphatic carbocycles. The van der Waals surface area contributed by atoms with Gasteiger partial charge in [0.05, 0.1) is 11.7 Å². The number of allylic oxidation sites excluding steroid dienone is 4. The Labute approximate surface area is 151 Å². The molecule has 1 fully saturated rings. The van der Waals surface area contributed by atoms with E-state index in [1.165, 1.54) is 6.42 Å². The van der Waals surface area contributed by atoms with Gasteiger partial charge in [-0.3, -0.25) is 0 Å². The molecule has 1 saturated heterocycles. The van der Waals surface area contributed by atoms with Crippen molar-refractivity contribution in [3.8, 4) is 0 Å². The molecule has 1 aliphatic rings. The molecule has 0 spiro atoms. The molecule has 3 nitrogen and oxygen atoms in total. The van der Waals surface area contributed by atoms with Crippen molar-refractivity contribution in [1.29, 1.82) is 0 Å². The molecule has 1 aliphatic heterocycles. The van der Waals surface area contributed by atoms with Gasteiger partial charge in [0, 0.05) is 6.61 Å². The highest BCUT2D eigenvalue weighted by atomic mass is 16.5. The minimum atomic E-state index is -0.297. The molecule has 2 rings (SSSR count). The van der Waals surface area contributed by atoms with Gasteiger partial charge in [-0.15, -0.1) is 0 Å². The minimum Gasteiger partial charge on any atom is -0.458 e. The Kier molecular flexibility index (Phi) is 7.68. The molecule has 0 radical (unpaired) electrons. The second kappa shape index (κ2) is 10.00. The molecule has 0 bridgehead atoms. The maximum Gasteiger partial charge on any atom is 0.338 e. The van der Waals surface area contributed by atoms with E-state index in [1.54, 1.807) is 12.1 Å². The van der Waals surface area contributed by atoms with Crippen molar-refractivity contribution in [2.24, 2.45) is 5.92 Å². The van der Waals surface area contributed by atoms with Gasteiger partial charge in [0.1, 0.15) is 6.61 Å². The highest BCUT2D eigenvalue weighted by Gasteiger charge is 2.15. The quantitative estimate of drug-likeness (QED) is 0.533. The molecule has 0 amide bonds. The van der Waals surface area contributed by atoms with Crippen LogP contribution in [0.25, 0.3) is 0 Å². The highest BCUT2D eigenvalue weighted by molar-refractivity contribution is 5.89. The molecule has 25 heavy (non-hydrogen) atoms. The fraction of sp³-hybridized carbons (Fsp3) is 0.409. The van der Waals surface area contributed by atoms with E-state index < -0.39 is 0 Å². The molecule has 0 N–H and O–H groups in total. The molecule has 0 aromatic heterocycles. The van der Waals surface area contributed by atoms with Crippen molar-refractivity contribution in [3.05, 3.63) is 71.3 Å². The van der Waals surface area contributed by atoms with E-state index in [0.29, 0.717) is 11.5 Å². The summed E-state index contributed by atoms with van der Waals surface area (Å²) in [5, 5.41) is 0. The first-order valence-electron chi connectivity index (χ1n) is 8.91. The second-order valence-electron chi connectivity index (χ2n) is 6.71. The zero-order valence-corrected chi connectivity index (χ0v) is 15.4. The van der Waals surface area contributed by atoms with Crippen molar-refractivity contribution in [2.45, 2.75) is 39.7 Å². The molecule has 134 valence electrons. The topological polar surface area (TPSA) is 35.5 Å². The largest absolute Gasteiger partial charge is 0.458 e. The fourth-order valence-corrected chi connectivity index (χ4v) is 2.69. The molecule has 1 heterocycles. The summed E-state index contributed by atoms with van der Waals surface area (Å²) in [4.78, 5) is 11.9. The summed E-state index contributed by atoms with van der Waals surface area (Å²) >= 11 is 0. The first kappa shape index (κ1) is 19.2. The van der Waals surface area contributed by atoms with Gasteiger partial charge >= 0.3 is 5.97 Å². The Balaban J connectivity index is 1.78. The number of esters is 1. The number of benzene rings is 1. The lowest BCUT2D eigenvalue weighted by Gasteiger charge is -2.24. The van der Waals surface area contributed by atoms with Crippen LogP contribution in [-0.4, -0.2) is 25.3 Å². The Morgan fingerprint density at radius 2 is 1.96 bits per heavy atom. The van der Waals surface area contributed by atoms with E-state index in [9.17, 15) is 4.79 Å². The van der Waals surface area contributed by atoms with E-state index in [-0.39, 0.29) is 18.7 Å². The summed E-state index contributed by atoms with van der Waals surface area (Å²) in [6, 6.07) is 9.03. The predicted octanol–water partition coefficient (Wildman–Crippen LogP) is 5.11. The Bertz CT molecular complexity index is 632. The van der Waals surface area contributed by atoms with Crippen LogP contribution in [0.3, 0.4) is 0 Å². The number of ether oxygens (including phenoxy) is 2. The maximum atomic E-state index is 11.9. The zero-order chi connectivity index (χ0) is 18.1. The molecule has 3 heteroatoms. The van der Waals surface area contributed by atoms with Gasteiger partial charge in [-0.2, -0.15) is 0 Å². The lowest BCUT2D eigenvalue weighted by Crippen LogP contribution is -2.22. The van der Waals surface area contributed by atoms with Crippen LogP contribution >= 0.6 is 0 Å². The summed E-state index contributed by atoms with van der Waals surface area (Å²) < 4.78 is 11.1. The first-order valence-corrected chi connectivity index (χ1v) is 8.91. The van der Waals surface area contributed by atoms with E-state index in [1.807, 2.05) is 31.2 Å². The van der Waals surface area contributed by atoms with Gasteiger partial charge < -0.3 is 9.47 Å². The van der Waals surface area contributed by atoms with Crippen molar-refractivity contribution in [1.82, 2.24) is 0 Å². The number of carbonyl (C=O) groups is 1. The van der Waals surface area contributed by atoms with Gasteiger partial charge in [-0.05, 0) is 50.8 Å². The lowest BCUT2D eigenvalue weighted by molar-refractivity contribution is 0.0165. The molecule has 0 unspecified atom stereocenters. The van der Waals surface area contributed by atoms with E-state index in [0.717, 1.165) is 24.2 Å². The third kappa shape index (κ3) is 7.10. The number of hydrogen-bond donors (Lipinski definition) is 0. The van der Waals surface area contributed by atoms with E-state index in [2.05, 4.69) is 32.1 Å². The SMILES string of the molecule is CC(=C\COC(=O)c1ccccc1)/C=C(C)/C=C/[C@H]1CC[C@H](C)CO1. The van der Waals surface area contributed by atoms with Crippen molar-refractivity contribution in [3.63, 3.8) is 0 Å². The highest BCUT2D eigenvalue weighted by Crippen LogP contribution is 2.19. The van der Waals surface area contributed by atoms with Crippen LogP contribution in [0.4, 0.5) is 0 Å². The summed E-state index contributed by atoms with van der Waals surface area (Å²) in [5.41, 5.74) is 2.80. The van der Waals surface area contributed by atoms with Crippen LogP contribution < -0.4 is 0 Å². The average Bonchev–Trinajstić information content (AvgIpc) is 2.62. The summed E-state index contributed by atoms with van der Waals surface area (Å²) in [6.45, 7) is 7.42. The normalized spacial score (nSPS) is 22.2. The number of rotatable bonds is 6. The van der Waals surface area contributed by atoms with Crippen LogP contribution in [0.5, 0.6) is 0 Å². The molecule has 1 aromatic rings. The van der Waals surface area contributed by atoms with Gasteiger partial charge in [0.15, 0.2) is 0 Å². The fourth-order valence-electron chi connectivity index (χ4n) is 2.69. The smallest absolute Gasteiger partial charge is 0.338 e. The van der Waals surface area contributed by atoms with E-state index >= 15 is 0 Å². The molecule has 2 atom stereocenters. The second-order valence-corrected chi connectivity index (χ2v) is 6.71. The Morgan fingerprint density at radius 1 is 1.20 bits per heavy atom. The van der Waals surface area contributed by atoms with Crippen molar-refractivity contribution in [2.75, 3.05) is 13.2 Å². The average molecular weight is 340 g/mol. The van der Waals surface area contributed by atoms with Gasteiger partial charge in [0.25, 0.3) is 0 Å². The third-order valence-corrected chi connectivity index (χ3v) is 4.20. The minimum absolute atomic E-state index is 0.232. The number of carbonyl (C=O) groups excluding carboxylic acids is 1. The monoisotopic (exact) mass is 340 g/mol. The van der Waals surface area contributed by atoms with Crippen LogP contribution in [0.15, 0.2) is 65.8 Å². The zero-order valence-electron chi connectivity index (χ0n) is 15.4. The van der Waals surface area contributed by atoms with Crippen LogP contribution in [0.2, 0.25) is 0 Å². The molecule has 0 saturated carbocycles. The van der Waals surface area contributed by atoms with Crippen molar-refractivity contribution < 1.29 is 14.3 Å². The summed E-state index contributed by atoms with van der Waals surface area (Å²) in [6.07, 6.45) is 10.8. The first-order chi connectivity index (χ1) is 12.0. The molecule has 1 aromatic carbocycles. The number of hydrogen-bond acceptors (Lipinski definition) is 3. The third-order valence-electron chi connectivity index (χ3n) is 4.20. The van der Waals surface area contributed by atoms with Gasteiger partial charge in [-0.1, -0.05) is 54.5 Å². The Hall–Kier alpha value is -2.13. The summed E-state index contributed by atoms with van der Waals surface area (Å²) in [5.74, 6) is 0.374. The maximum absolute atomic E-state index is 11.9. The van der Waals surface area contributed by atoms with Gasteiger partial charge in [-0.25, -0.2) is 4.79 Å². The standard InChI is InChI=1S/C22H28O3/c1-17(9-11-21-12-10-19(3)16-25-21)15-18(2)13-14-24-22(23)20-7-5-4-6-8-20/h4-9,11,13,15,19,21H,10,12,14,16H2,1-3H3/b11-9+,17-15+,18-13+/t19-,21-/m0/s1. The van der Waals surface area contributed by atoms with Gasteiger partial charge in [0.2, 0.25) is 0 Å². The molecular formula is C22H28O3. The van der Waals surface area contributed by atoms with Crippen LogP contribution in [-0.2, 0) is 9.47 Å². The summed E-state index contributed by atoms with van der Waals surface area (Å²) in [7, 11) is 0. The molecular weight excluding hydrogens is 312 g/mol. The van der Waals surface area contributed by atoms with Crippen LogP contribution in [0.1, 0.15) is 44.0 Å². The Morgan fingerprint density at radius 3 is 2.64 bits per heavy atom. The van der Waals surface area contributed by atoms with Crippen molar-refractivity contribution >= 4 is 5.97 Å².